The average molecular weight is 376 g/mol. The van der Waals surface area contributed by atoms with Gasteiger partial charge in [-0.15, -0.1) is 0 Å². The van der Waals surface area contributed by atoms with Crippen LogP contribution in [0.15, 0.2) is 66.7 Å². The molecule has 142 valence electrons. The summed E-state index contributed by atoms with van der Waals surface area (Å²) in [5.74, 6) is -1.19. The van der Waals surface area contributed by atoms with E-state index in [4.69, 9.17) is 5.11 Å². The molecular weight excluding hydrogens is 356 g/mol. The fourth-order valence-electron chi connectivity index (χ4n) is 3.35. The van der Waals surface area contributed by atoms with E-state index in [2.05, 4.69) is 15.7 Å². The fourth-order valence-corrected chi connectivity index (χ4v) is 3.35. The van der Waals surface area contributed by atoms with Crippen LogP contribution in [0.2, 0.25) is 0 Å². The van der Waals surface area contributed by atoms with Crippen molar-refractivity contribution in [1.82, 2.24) is 20.4 Å². The smallest absolute Gasteiger partial charge is 0.320 e. The molecule has 0 spiro atoms. The van der Waals surface area contributed by atoms with Gasteiger partial charge in [0.15, 0.2) is 0 Å². The number of carbonyl (C=O) groups is 2. The average Bonchev–Trinajstić information content (AvgIpc) is 3.37. The van der Waals surface area contributed by atoms with Gasteiger partial charge in [-0.1, -0.05) is 48.5 Å². The largest absolute Gasteiger partial charge is 0.480 e. The number of rotatable bonds is 5. The fraction of sp³-hybridized carbons (Fsp3) is 0.190. The quantitative estimate of drug-likeness (QED) is 0.634. The Morgan fingerprint density at radius 3 is 2.39 bits per heavy atom. The van der Waals surface area contributed by atoms with Gasteiger partial charge in [0, 0.05) is 18.2 Å². The predicted octanol–water partition coefficient (Wildman–Crippen LogP) is 2.08. The molecule has 1 aliphatic heterocycles. The molecule has 1 fully saturated rings. The molecule has 2 heterocycles. The highest BCUT2D eigenvalue weighted by Gasteiger charge is 2.31. The molecule has 0 bridgehead atoms. The number of amides is 1. The molecular formula is C21H20N4O3. The SMILES string of the molecule is O=C(NC1CNC(C(=O)O)C1)c1cc(-c2ccccc2)nn1-c1ccccc1. The standard InChI is InChI=1S/C21H20N4O3/c26-20(23-15-11-18(21(27)28)22-13-15)19-12-17(14-7-3-1-4-8-14)24-25(19)16-9-5-2-6-10-16/h1-10,12,15,18,22H,11,13H2,(H,23,26)(H,27,28). The Morgan fingerprint density at radius 2 is 1.75 bits per heavy atom. The molecule has 2 atom stereocenters. The number of nitrogens with one attached hydrogen (secondary N) is 2. The van der Waals surface area contributed by atoms with Crippen molar-refractivity contribution in [2.24, 2.45) is 0 Å². The molecule has 2 unspecified atom stereocenters. The molecule has 0 aliphatic carbocycles. The van der Waals surface area contributed by atoms with Crippen LogP contribution in [-0.2, 0) is 4.79 Å². The minimum Gasteiger partial charge on any atom is -0.480 e. The Morgan fingerprint density at radius 1 is 1.07 bits per heavy atom. The van der Waals surface area contributed by atoms with Gasteiger partial charge in [-0.25, -0.2) is 4.68 Å². The molecule has 0 radical (unpaired) electrons. The van der Waals surface area contributed by atoms with Crippen LogP contribution in [0.4, 0.5) is 0 Å². The lowest BCUT2D eigenvalue weighted by Gasteiger charge is -2.12. The molecule has 1 amide bonds. The zero-order chi connectivity index (χ0) is 19.5. The van der Waals surface area contributed by atoms with E-state index in [1.807, 2.05) is 60.7 Å². The highest BCUT2D eigenvalue weighted by molar-refractivity contribution is 5.94. The Hall–Kier alpha value is -3.45. The van der Waals surface area contributed by atoms with Gasteiger partial charge in [0.2, 0.25) is 0 Å². The van der Waals surface area contributed by atoms with Gasteiger partial charge in [-0.2, -0.15) is 5.10 Å². The number of para-hydroxylation sites is 1. The first kappa shape index (κ1) is 17.9. The highest BCUT2D eigenvalue weighted by Crippen LogP contribution is 2.22. The molecule has 7 nitrogen and oxygen atoms in total. The maximum Gasteiger partial charge on any atom is 0.320 e. The van der Waals surface area contributed by atoms with Gasteiger partial charge in [0.05, 0.1) is 11.4 Å². The van der Waals surface area contributed by atoms with Crippen molar-refractivity contribution in [2.45, 2.75) is 18.5 Å². The van der Waals surface area contributed by atoms with Crippen LogP contribution in [0.25, 0.3) is 16.9 Å². The number of aliphatic carboxylic acids is 1. The zero-order valence-electron chi connectivity index (χ0n) is 15.1. The summed E-state index contributed by atoms with van der Waals surface area (Å²) in [5.41, 5.74) is 2.80. The van der Waals surface area contributed by atoms with E-state index >= 15 is 0 Å². The summed E-state index contributed by atoms with van der Waals surface area (Å²) in [6.45, 7) is 0.424. The Kier molecular flexibility index (Phi) is 4.90. The van der Waals surface area contributed by atoms with Gasteiger partial charge in [0.1, 0.15) is 11.7 Å². The van der Waals surface area contributed by atoms with Crippen LogP contribution >= 0.6 is 0 Å². The molecule has 1 aromatic heterocycles. The zero-order valence-corrected chi connectivity index (χ0v) is 15.1. The van der Waals surface area contributed by atoms with Crippen molar-refractivity contribution in [3.8, 4) is 16.9 Å². The van der Waals surface area contributed by atoms with Crippen molar-refractivity contribution in [1.29, 1.82) is 0 Å². The summed E-state index contributed by atoms with van der Waals surface area (Å²) in [5, 5.41) is 19.6. The number of carbonyl (C=O) groups excluding carboxylic acids is 1. The third kappa shape index (κ3) is 3.65. The van der Waals surface area contributed by atoms with Crippen LogP contribution < -0.4 is 10.6 Å². The lowest BCUT2D eigenvalue weighted by molar-refractivity contribution is -0.139. The monoisotopic (exact) mass is 376 g/mol. The molecule has 1 saturated heterocycles. The molecule has 0 saturated carbocycles. The number of aromatic nitrogens is 2. The van der Waals surface area contributed by atoms with E-state index in [0.717, 1.165) is 11.3 Å². The van der Waals surface area contributed by atoms with Crippen LogP contribution in [-0.4, -0.2) is 45.4 Å². The summed E-state index contributed by atoms with van der Waals surface area (Å²) >= 11 is 0. The Labute approximate surface area is 162 Å². The van der Waals surface area contributed by atoms with Crippen LogP contribution in [0.1, 0.15) is 16.9 Å². The van der Waals surface area contributed by atoms with E-state index in [1.165, 1.54) is 0 Å². The normalized spacial score (nSPS) is 18.7. The first-order valence-electron chi connectivity index (χ1n) is 9.10. The number of carboxylic acid groups (broad SMARTS) is 1. The predicted molar refractivity (Wildman–Crippen MR) is 104 cm³/mol. The molecule has 2 aromatic carbocycles. The number of nitrogens with zero attached hydrogens (tertiary/aromatic N) is 2. The van der Waals surface area contributed by atoms with Gasteiger partial charge in [0.25, 0.3) is 5.91 Å². The lowest BCUT2D eigenvalue weighted by Crippen LogP contribution is -2.37. The molecule has 7 heteroatoms. The number of carboxylic acids is 1. The van der Waals surface area contributed by atoms with Crippen molar-refractivity contribution >= 4 is 11.9 Å². The minimum absolute atomic E-state index is 0.243. The second-order valence-electron chi connectivity index (χ2n) is 6.73. The molecule has 4 rings (SSSR count). The first-order chi connectivity index (χ1) is 13.6. The van der Waals surface area contributed by atoms with Crippen molar-refractivity contribution in [3.63, 3.8) is 0 Å². The number of hydrogen-bond donors (Lipinski definition) is 3. The second kappa shape index (κ2) is 7.66. The van der Waals surface area contributed by atoms with Crippen LogP contribution in [0, 0.1) is 0 Å². The van der Waals surface area contributed by atoms with E-state index in [1.54, 1.807) is 10.7 Å². The van der Waals surface area contributed by atoms with Crippen LogP contribution in [0.5, 0.6) is 0 Å². The van der Waals surface area contributed by atoms with Gasteiger partial charge < -0.3 is 15.7 Å². The topological polar surface area (TPSA) is 96.2 Å². The lowest BCUT2D eigenvalue weighted by atomic mass is 10.1. The van der Waals surface area contributed by atoms with Crippen molar-refractivity contribution < 1.29 is 14.7 Å². The van der Waals surface area contributed by atoms with E-state index in [0.29, 0.717) is 24.4 Å². The van der Waals surface area contributed by atoms with Crippen molar-refractivity contribution in [3.05, 3.63) is 72.4 Å². The van der Waals surface area contributed by atoms with Crippen molar-refractivity contribution in [2.75, 3.05) is 6.54 Å². The first-order valence-corrected chi connectivity index (χ1v) is 9.10. The minimum atomic E-state index is -0.905. The third-order valence-corrected chi connectivity index (χ3v) is 4.78. The van der Waals surface area contributed by atoms with Gasteiger partial charge in [-0.3, -0.25) is 9.59 Å². The number of benzene rings is 2. The van der Waals surface area contributed by atoms with E-state index < -0.39 is 12.0 Å². The second-order valence-corrected chi connectivity index (χ2v) is 6.73. The maximum atomic E-state index is 13.0. The Balaban J connectivity index is 1.64. The summed E-state index contributed by atoms with van der Waals surface area (Å²) in [7, 11) is 0. The van der Waals surface area contributed by atoms with Gasteiger partial charge in [-0.05, 0) is 24.6 Å². The highest BCUT2D eigenvalue weighted by atomic mass is 16.4. The summed E-state index contributed by atoms with van der Waals surface area (Å²) in [6, 6.07) is 20.0. The molecule has 3 aromatic rings. The van der Waals surface area contributed by atoms with Gasteiger partial charge >= 0.3 is 5.97 Å². The summed E-state index contributed by atoms with van der Waals surface area (Å²) in [4.78, 5) is 24.1. The van der Waals surface area contributed by atoms with E-state index in [-0.39, 0.29) is 11.9 Å². The summed E-state index contributed by atoms with van der Waals surface area (Å²) in [6.07, 6.45) is 0.353. The summed E-state index contributed by atoms with van der Waals surface area (Å²) < 4.78 is 1.62. The third-order valence-electron chi connectivity index (χ3n) is 4.78. The molecule has 28 heavy (non-hydrogen) atoms. The van der Waals surface area contributed by atoms with E-state index in [9.17, 15) is 9.59 Å². The Bertz CT molecular complexity index is 985. The maximum absolute atomic E-state index is 13.0. The molecule has 1 aliphatic rings. The number of hydrogen-bond acceptors (Lipinski definition) is 4. The van der Waals surface area contributed by atoms with Crippen LogP contribution in [0.3, 0.4) is 0 Å². The molecule has 3 N–H and O–H groups in total.